The lowest BCUT2D eigenvalue weighted by Crippen LogP contribution is -2.14. The highest BCUT2D eigenvalue weighted by molar-refractivity contribution is 7.92. The fraction of sp³-hybridized carbons (Fsp3) is 0.211. The van der Waals surface area contributed by atoms with Crippen molar-refractivity contribution < 1.29 is 13.2 Å². The monoisotopic (exact) mass is 372 g/mol. The van der Waals surface area contributed by atoms with Crippen LogP contribution in [0.4, 0.5) is 5.69 Å². The lowest BCUT2D eigenvalue weighted by molar-refractivity contribution is 0.184. The molecule has 136 valence electrons. The van der Waals surface area contributed by atoms with Crippen molar-refractivity contribution in [1.29, 1.82) is 0 Å². The number of nitrogens with one attached hydrogen (secondary N) is 2. The molecule has 0 aliphatic carbocycles. The third-order valence-corrected chi connectivity index (χ3v) is 5.42. The van der Waals surface area contributed by atoms with Gasteiger partial charge in [-0.1, -0.05) is 19.1 Å². The van der Waals surface area contributed by atoms with Gasteiger partial charge < -0.3 is 9.72 Å². The maximum Gasteiger partial charge on any atom is 0.261 e. The van der Waals surface area contributed by atoms with Crippen LogP contribution < -0.4 is 10.2 Å². The molecule has 2 N–H and O–H groups in total. The molecule has 7 heteroatoms. The first kappa shape index (κ1) is 18.2. The zero-order valence-electron chi connectivity index (χ0n) is 14.6. The van der Waals surface area contributed by atoms with E-state index in [9.17, 15) is 13.2 Å². The molecule has 26 heavy (non-hydrogen) atoms. The molecule has 0 saturated heterocycles. The summed E-state index contributed by atoms with van der Waals surface area (Å²) >= 11 is 0. The van der Waals surface area contributed by atoms with Crippen molar-refractivity contribution in [1.82, 2.24) is 4.98 Å². The molecule has 0 aliphatic heterocycles. The van der Waals surface area contributed by atoms with Gasteiger partial charge in [0.15, 0.2) is 5.43 Å². The number of aryl methyl sites for hydroxylation is 1. The molecule has 1 heterocycles. The first-order valence-corrected chi connectivity index (χ1v) is 9.68. The van der Waals surface area contributed by atoms with Crippen molar-refractivity contribution >= 4 is 26.6 Å². The fourth-order valence-corrected chi connectivity index (χ4v) is 3.86. The van der Waals surface area contributed by atoms with Gasteiger partial charge in [0, 0.05) is 35.5 Å². The number of methoxy groups -OCH3 is 1. The first-order chi connectivity index (χ1) is 12.4. The van der Waals surface area contributed by atoms with Crippen LogP contribution in [-0.2, 0) is 27.8 Å². The summed E-state index contributed by atoms with van der Waals surface area (Å²) in [5.41, 5.74) is 2.48. The second kappa shape index (κ2) is 7.31. The van der Waals surface area contributed by atoms with Crippen molar-refractivity contribution in [3.63, 3.8) is 0 Å². The Morgan fingerprint density at radius 2 is 1.92 bits per heavy atom. The third kappa shape index (κ3) is 3.79. The summed E-state index contributed by atoms with van der Waals surface area (Å²) in [6.07, 6.45) is 0.720. The quantitative estimate of drug-likeness (QED) is 0.696. The number of rotatable bonds is 6. The number of hydrogen-bond acceptors (Lipinski definition) is 4. The zero-order chi connectivity index (χ0) is 18.7. The molecule has 3 aromatic rings. The van der Waals surface area contributed by atoms with Crippen molar-refractivity contribution in [3.05, 3.63) is 70.0 Å². The van der Waals surface area contributed by atoms with E-state index in [1.807, 2.05) is 6.92 Å². The first-order valence-electron chi connectivity index (χ1n) is 8.19. The molecule has 0 aliphatic rings. The van der Waals surface area contributed by atoms with Crippen LogP contribution in [0.2, 0.25) is 0 Å². The van der Waals surface area contributed by atoms with Gasteiger partial charge in [0.2, 0.25) is 0 Å². The van der Waals surface area contributed by atoms with Crippen LogP contribution >= 0.6 is 0 Å². The number of anilines is 1. The van der Waals surface area contributed by atoms with Gasteiger partial charge in [-0.3, -0.25) is 9.52 Å². The number of pyridine rings is 1. The van der Waals surface area contributed by atoms with E-state index in [0.29, 0.717) is 23.2 Å². The molecule has 0 radical (unpaired) electrons. The topological polar surface area (TPSA) is 88.3 Å². The number of benzene rings is 2. The van der Waals surface area contributed by atoms with Crippen LogP contribution in [0.15, 0.2) is 58.2 Å². The van der Waals surface area contributed by atoms with Gasteiger partial charge >= 0.3 is 0 Å². The molecule has 0 atom stereocenters. The minimum atomic E-state index is -3.77. The number of ether oxygens (including phenoxy) is 1. The molecular formula is C19H20N2O4S. The van der Waals surface area contributed by atoms with E-state index in [0.717, 1.165) is 17.7 Å². The van der Waals surface area contributed by atoms with Crippen molar-refractivity contribution in [2.45, 2.75) is 24.8 Å². The Balaban J connectivity index is 1.96. The number of aromatic nitrogens is 1. The maximum absolute atomic E-state index is 12.6. The van der Waals surface area contributed by atoms with Gasteiger partial charge in [-0.25, -0.2) is 8.42 Å². The number of aromatic amines is 1. The van der Waals surface area contributed by atoms with E-state index in [4.69, 9.17) is 4.74 Å². The lowest BCUT2D eigenvalue weighted by atomic mass is 10.1. The summed E-state index contributed by atoms with van der Waals surface area (Å²) < 4.78 is 32.9. The maximum atomic E-state index is 12.6. The van der Waals surface area contributed by atoms with Gasteiger partial charge in [0.25, 0.3) is 10.0 Å². The van der Waals surface area contributed by atoms with Crippen LogP contribution in [0.25, 0.3) is 10.9 Å². The molecule has 6 nitrogen and oxygen atoms in total. The number of sulfonamides is 1. The van der Waals surface area contributed by atoms with E-state index in [1.54, 1.807) is 43.5 Å². The molecule has 0 amide bonds. The zero-order valence-corrected chi connectivity index (χ0v) is 15.4. The molecule has 2 aromatic carbocycles. The SMILES string of the molecule is CCc1cc(=O)c2cc(NS(=O)(=O)c3cccc(COC)c3)ccc2[nH]1. The van der Waals surface area contributed by atoms with E-state index in [-0.39, 0.29) is 10.3 Å². The normalized spacial score (nSPS) is 11.6. The van der Waals surface area contributed by atoms with Crippen LogP contribution in [0.5, 0.6) is 0 Å². The summed E-state index contributed by atoms with van der Waals surface area (Å²) in [5.74, 6) is 0. The average molecular weight is 372 g/mol. The Morgan fingerprint density at radius 1 is 1.12 bits per heavy atom. The number of H-pyrrole nitrogens is 1. The van der Waals surface area contributed by atoms with Crippen molar-refractivity contribution in [2.75, 3.05) is 11.8 Å². The van der Waals surface area contributed by atoms with Gasteiger partial charge in [-0.2, -0.15) is 0 Å². The second-order valence-corrected chi connectivity index (χ2v) is 7.64. The van der Waals surface area contributed by atoms with E-state index < -0.39 is 10.0 Å². The van der Waals surface area contributed by atoms with E-state index >= 15 is 0 Å². The van der Waals surface area contributed by atoms with Crippen LogP contribution in [-0.4, -0.2) is 20.5 Å². The highest BCUT2D eigenvalue weighted by Crippen LogP contribution is 2.20. The van der Waals surface area contributed by atoms with Gasteiger partial charge in [0.1, 0.15) is 0 Å². The minimum Gasteiger partial charge on any atom is -0.380 e. The molecule has 0 spiro atoms. The molecule has 0 fully saturated rings. The summed E-state index contributed by atoms with van der Waals surface area (Å²) in [6, 6.07) is 13.0. The van der Waals surface area contributed by atoms with Crippen molar-refractivity contribution in [2.24, 2.45) is 0 Å². The Hall–Kier alpha value is -2.64. The highest BCUT2D eigenvalue weighted by Gasteiger charge is 2.15. The van der Waals surface area contributed by atoms with Crippen molar-refractivity contribution in [3.8, 4) is 0 Å². The van der Waals surface area contributed by atoms with Gasteiger partial charge in [0.05, 0.1) is 11.5 Å². The molecule has 0 bridgehead atoms. The number of fused-ring (bicyclic) bond motifs is 1. The Morgan fingerprint density at radius 3 is 2.65 bits per heavy atom. The lowest BCUT2D eigenvalue weighted by Gasteiger charge is -2.10. The largest absolute Gasteiger partial charge is 0.380 e. The Kier molecular flexibility index (Phi) is 5.11. The van der Waals surface area contributed by atoms with Crippen LogP contribution in [0.3, 0.4) is 0 Å². The predicted octanol–water partition coefficient (Wildman–Crippen LogP) is 3.04. The molecule has 3 rings (SSSR count). The van der Waals surface area contributed by atoms with E-state index in [2.05, 4.69) is 9.71 Å². The van der Waals surface area contributed by atoms with E-state index in [1.165, 1.54) is 12.1 Å². The summed E-state index contributed by atoms with van der Waals surface area (Å²) in [6.45, 7) is 2.28. The second-order valence-electron chi connectivity index (χ2n) is 5.96. The average Bonchev–Trinajstić information content (AvgIpc) is 2.62. The molecule has 0 saturated carbocycles. The number of hydrogen-bond donors (Lipinski definition) is 2. The summed E-state index contributed by atoms with van der Waals surface area (Å²) in [7, 11) is -2.21. The summed E-state index contributed by atoms with van der Waals surface area (Å²) in [4.78, 5) is 15.6. The Bertz CT molecular complexity index is 1100. The van der Waals surface area contributed by atoms with Crippen LogP contribution in [0.1, 0.15) is 18.2 Å². The third-order valence-electron chi connectivity index (χ3n) is 4.04. The standard InChI is InChI=1S/C19H20N2O4S/c1-3-14-11-19(22)17-10-15(7-8-18(17)20-14)21-26(23,24)16-6-4-5-13(9-16)12-25-2/h4-11,21H,3,12H2,1-2H3,(H,20,22). The molecule has 1 aromatic heterocycles. The fourth-order valence-electron chi connectivity index (χ4n) is 2.74. The van der Waals surface area contributed by atoms with Gasteiger partial charge in [-0.15, -0.1) is 0 Å². The van der Waals surface area contributed by atoms with Gasteiger partial charge in [-0.05, 0) is 42.3 Å². The minimum absolute atomic E-state index is 0.140. The Labute approximate surface area is 151 Å². The summed E-state index contributed by atoms with van der Waals surface area (Å²) in [5, 5.41) is 0.440. The predicted molar refractivity (Wildman–Crippen MR) is 102 cm³/mol. The smallest absolute Gasteiger partial charge is 0.261 e. The van der Waals surface area contributed by atoms with Crippen LogP contribution in [0, 0.1) is 0 Å². The highest BCUT2D eigenvalue weighted by atomic mass is 32.2. The molecule has 0 unspecified atom stereocenters. The molecular weight excluding hydrogens is 352 g/mol.